The average molecular weight is 434 g/mol. The lowest BCUT2D eigenvalue weighted by molar-refractivity contribution is -0.131. The Kier molecular flexibility index (Phi) is 5.82. The van der Waals surface area contributed by atoms with Crippen LogP contribution < -0.4 is 11.0 Å². The summed E-state index contributed by atoms with van der Waals surface area (Å²) in [4.78, 5) is 36.4. The van der Waals surface area contributed by atoms with Crippen molar-refractivity contribution in [1.29, 1.82) is 0 Å². The van der Waals surface area contributed by atoms with E-state index < -0.39 is 32.0 Å². The number of carbonyl (C=O) groups is 2. The molecule has 0 spiro atoms. The van der Waals surface area contributed by atoms with Crippen LogP contribution in [0.5, 0.6) is 0 Å². The van der Waals surface area contributed by atoms with Crippen LogP contribution in [0.15, 0.2) is 41.3 Å². The third-order valence-corrected chi connectivity index (χ3v) is 7.52. The molecule has 30 heavy (non-hydrogen) atoms. The highest BCUT2D eigenvalue weighted by atomic mass is 32.2. The monoisotopic (exact) mass is 434 g/mol. The quantitative estimate of drug-likeness (QED) is 0.393. The van der Waals surface area contributed by atoms with Crippen molar-refractivity contribution in [3.8, 4) is 11.1 Å². The first kappa shape index (κ1) is 21.7. The number of nitrogens with one attached hydrogen (secondary N) is 1. The van der Waals surface area contributed by atoms with Crippen molar-refractivity contribution in [3.63, 3.8) is 0 Å². The minimum absolute atomic E-state index is 0.0490. The third kappa shape index (κ3) is 4.01. The smallest absolute Gasteiger partial charge is 0.338 e. The summed E-state index contributed by atoms with van der Waals surface area (Å²) in [6.07, 6.45) is 2.83. The second kappa shape index (κ2) is 8.04. The van der Waals surface area contributed by atoms with E-state index in [1.54, 1.807) is 12.1 Å². The lowest BCUT2D eigenvalue weighted by Crippen LogP contribution is -2.49. The summed E-state index contributed by atoms with van der Waals surface area (Å²) in [6, 6.07) is 8.38. The number of pyridine rings is 1. The number of hydroxylamine groups is 1. The van der Waals surface area contributed by atoms with Gasteiger partial charge in [0.2, 0.25) is 0 Å². The topological polar surface area (TPSA) is 132 Å². The molecule has 1 amide bonds. The molecule has 0 radical (unpaired) electrons. The molecule has 160 valence electrons. The van der Waals surface area contributed by atoms with Gasteiger partial charge in [0, 0.05) is 31.5 Å². The number of sulfone groups is 1. The Morgan fingerprint density at radius 3 is 2.57 bits per heavy atom. The molecule has 0 aliphatic carbocycles. The van der Waals surface area contributed by atoms with E-state index in [-0.39, 0.29) is 13.0 Å². The number of rotatable bonds is 6. The van der Waals surface area contributed by atoms with Gasteiger partial charge < -0.3 is 9.30 Å². The van der Waals surface area contributed by atoms with Crippen LogP contribution in [0.2, 0.25) is 0 Å². The molecule has 0 unspecified atom stereocenters. The van der Waals surface area contributed by atoms with E-state index in [0.717, 1.165) is 11.8 Å². The molecule has 0 fully saturated rings. The van der Waals surface area contributed by atoms with E-state index in [4.69, 9.17) is 9.94 Å². The zero-order chi connectivity index (χ0) is 22.1. The fourth-order valence-corrected chi connectivity index (χ4v) is 4.13. The number of esters is 1. The maximum Gasteiger partial charge on any atom is 0.338 e. The van der Waals surface area contributed by atoms with Crippen molar-refractivity contribution in [1.82, 2.24) is 10.0 Å². The zero-order valence-electron chi connectivity index (χ0n) is 16.5. The number of nitrogens with zero attached hydrogens (tertiary/aromatic N) is 1. The molecule has 0 saturated heterocycles. The zero-order valence-corrected chi connectivity index (χ0v) is 17.4. The molecule has 1 aliphatic heterocycles. The molecular formula is C20H22N2O7S. The minimum atomic E-state index is -3.86. The van der Waals surface area contributed by atoms with Gasteiger partial charge in [0.05, 0.1) is 12.2 Å². The number of hydrogen-bond donors (Lipinski definition) is 2. The maximum absolute atomic E-state index is 12.5. The molecule has 1 aromatic carbocycles. The molecular weight excluding hydrogens is 412 g/mol. The molecule has 2 N–H and O–H groups in total. The number of amides is 1. The largest absolute Gasteiger partial charge is 0.462 e. The maximum atomic E-state index is 12.5. The predicted molar refractivity (Wildman–Crippen MR) is 108 cm³/mol. The van der Waals surface area contributed by atoms with Gasteiger partial charge in [0.15, 0.2) is 14.6 Å². The van der Waals surface area contributed by atoms with Gasteiger partial charge in [0.25, 0.3) is 11.5 Å². The second-order valence-electron chi connectivity index (χ2n) is 7.40. The van der Waals surface area contributed by atoms with Crippen LogP contribution in [0.25, 0.3) is 11.1 Å². The Morgan fingerprint density at radius 1 is 1.23 bits per heavy atom. The fraction of sp³-hybridized carbons (Fsp3) is 0.350. The molecule has 3 rings (SSSR count). The summed E-state index contributed by atoms with van der Waals surface area (Å²) >= 11 is 0. The van der Waals surface area contributed by atoms with Crippen LogP contribution in [-0.4, -0.2) is 47.7 Å². The highest BCUT2D eigenvalue weighted by Gasteiger charge is 2.43. The van der Waals surface area contributed by atoms with Gasteiger partial charge in [-0.2, -0.15) is 0 Å². The summed E-state index contributed by atoms with van der Waals surface area (Å²) in [5, 5.41) is 8.89. The van der Waals surface area contributed by atoms with E-state index in [1.165, 1.54) is 29.2 Å². The van der Waals surface area contributed by atoms with Crippen molar-refractivity contribution in [2.24, 2.45) is 0 Å². The molecule has 0 saturated carbocycles. The molecule has 0 bridgehead atoms. The summed E-state index contributed by atoms with van der Waals surface area (Å²) < 4.78 is 28.5. The van der Waals surface area contributed by atoms with Crippen molar-refractivity contribution < 1.29 is 28.0 Å². The van der Waals surface area contributed by atoms with Crippen molar-refractivity contribution >= 4 is 21.7 Å². The lowest BCUT2D eigenvalue weighted by Gasteiger charge is -2.25. The van der Waals surface area contributed by atoms with Crippen LogP contribution in [0, 0.1) is 0 Å². The van der Waals surface area contributed by atoms with Crippen LogP contribution in [-0.2, 0) is 32.3 Å². The Hall–Kier alpha value is -2.98. The van der Waals surface area contributed by atoms with Crippen LogP contribution >= 0.6 is 0 Å². The van der Waals surface area contributed by atoms with Crippen molar-refractivity contribution in [3.05, 3.63) is 58.0 Å². The number of ether oxygens (including phenoxy) is 1. The van der Waals surface area contributed by atoms with Gasteiger partial charge in [-0.3, -0.25) is 14.8 Å². The molecule has 10 heteroatoms. The molecule has 2 heterocycles. The average Bonchev–Trinajstić information content (AvgIpc) is 2.71. The summed E-state index contributed by atoms with van der Waals surface area (Å²) in [6.45, 7) is 1.49. The Balaban J connectivity index is 1.86. The Bertz CT molecular complexity index is 1170. The summed E-state index contributed by atoms with van der Waals surface area (Å²) in [5.41, 5.74) is 3.62. The van der Waals surface area contributed by atoms with E-state index in [0.29, 0.717) is 29.7 Å². The minimum Gasteiger partial charge on any atom is -0.462 e. The van der Waals surface area contributed by atoms with Crippen molar-refractivity contribution in [2.45, 2.75) is 31.1 Å². The number of aromatic nitrogens is 1. The molecule has 2 aromatic rings. The van der Waals surface area contributed by atoms with E-state index in [9.17, 15) is 22.8 Å². The highest BCUT2D eigenvalue weighted by molar-refractivity contribution is 7.92. The predicted octanol–water partition coefficient (Wildman–Crippen LogP) is 0.927. The molecule has 1 atom stereocenters. The van der Waals surface area contributed by atoms with Gasteiger partial charge in [-0.15, -0.1) is 0 Å². The van der Waals surface area contributed by atoms with Gasteiger partial charge in [-0.25, -0.2) is 18.7 Å². The number of hydrogen-bond acceptors (Lipinski definition) is 7. The van der Waals surface area contributed by atoms with Gasteiger partial charge >= 0.3 is 5.97 Å². The first-order chi connectivity index (χ1) is 14.1. The first-order valence-electron chi connectivity index (χ1n) is 9.22. The standard InChI is InChI=1S/C20H22N2O7S/c1-20(19(25)21-26,30(2,27)28)7-9-22-8-5-15(12-17(22)23)14-4-3-13-6-10-29-18(24)16(13)11-14/h3-5,8,11-12,26H,6-7,9-10H2,1-2H3,(H,21,25)/t20-/m1/s1. The van der Waals surface area contributed by atoms with Gasteiger partial charge in [-0.1, -0.05) is 12.1 Å². The number of carbonyl (C=O) groups excluding carboxylic acids is 2. The summed E-state index contributed by atoms with van der Waals surface area (Å²) in [7, 11) is -3.86. The normalized spacial score (nSPS) is 15.6. The fourth-order valence-electron chi connectivity index (χ4n) is 3.29. The molecule has 1 aliphatic rings. The first-order valence-corrected chi connectivity index (χ1v) is 11.1. The van der Waals surface area contributed by atoms with E-state index in [1.807, 2.05) is 12.1 Å². The Morgan fingerprint density at radius 2 is 1.93 bits per heavy atom. The molecule has 9 nitrogen and oxygen atoms in total. The second-order valence-corrected chi connectivity index (χ2v) is 9.84. The van der Waals surface area contributed by atoms with Crippen LogP contribution in [0.1, 0.15) is 29.3 Å². The summed E-state index contributed by atoms with van der Waals surface area (Å²) in [5.74, 6) is -1.45. The van der Waals surface area contributed by atoms with Crippen LogP contribution in [0.4, 0.5) is 0 Å². The number of benzene rings is 1. The van der Waals surface area contributed by atoms with E-state index in [2.05, 4.69) is 0 Å². The lowest BCUT2D eigenvalue weighted by atomic mass is 9.97. The Labute approximate surface area is 173 Å². The highest BCUT2D eigenvalue weighted by Crippen LogP contribution is 2.25. The third-order valence-electron chi connectivity index (χ3n) is 5.49. The number of fused-ring (bicyclic) bond motifs is 1. The van der Waals surface area contributed by atoms with E-state index >= 15 is 0 Å². The van der Waals surface area contributed by atoms with Gasteiger partial charge in [0.1, 0.15) is 0 Å². The number of cyclic esters (lactones) is 1. The van der Waals surface area contributed by atoms with Gasteiger partial charge in [-0.05, 0) is 42.2 Å². The molecule has 1 aromatic heterocycles. The number of aryl methyl sites for hydroxylation is 1. The van der Waals surface area contributed by atoms with Crippen LogP contribution in [0.3, 0.4) is 0 Å². The van der Waals surface area contributed by atoms with Crippen molar-refractivity contribution in [2.75, 3.05) is 12.9 Å². The SMILES string of the molecule is C[C@@](CCn1ccc(-c2ccc3c(c2)C(=O)OCC3)cc1=O)(C(=O)NO)S(C)(=O)=O.